The molecule has 2 aliphatic rings. The number of ether oxygens (including phenoxy) is 3. The Bertz CT molecular complexity index is 430. The summed E-state index contributed by atoms with van der Waals surface area (Å²) in [7, 11) is 0. The van der Waals surface area contributed by atoms with Gasteiger partial charge in [-0.25, -0.2) is 0 Å². The van der Waals surface area contributed by atoms with Gasteiger partial charge < -0.3 is 29.5 Å². The van der Waals surface area contributed by atoms with Crippen molar-refractivity contribution in [3.63, 3.8) is 0 Å². The van der Waals surface area contributed by atoms with E-state index in [0.29, 0.717) is 39.4 Å². The first-order valence-electron chi connectivity index (χ1n) is 9.50. The van der Waals surface area contributed by atoms with Crippen LogP contribution in [0.5, 0.6) is 0 Å². The maximum absolute atomic E-state index is 12.5. The van der Waals surface area contributed by atoms with Crippen molar-refractivity contribution in [1.82, 2.24) is 14.7 Å². The molecule has 27 heavy (non-hydrogen) atoms. The van der Waals surface area contributed by atoms with Gasteiger partial charge in [-0.3, -0.25) is 19.5 Å². The number of carbonyl (C=O) groups excluding carboxylic acids is 1. The van der Waals surface area contributed by atoms with E-state index in [4.69, 9.17) is 14.2 Å². The van der Waals surface area contributed by atoms with Gasteiger partial charge in [0.15, 0.2) is 6.29 Å². The number of hydrogen-bond donors (Lipinski definition) is 3. The zero-order valence-electron chi connectivity index (χ0n) is 16.2. The van der Waals surface area contributed by atoms with Crippen LogP contribution in [0.4, 0.5) is 0 Å². The molecule has 0 aromatic rings. The van der Waals surface area contributed by atoms with Crippen molar-refractivity contribution >= 4 is 5.97 Å². The van der Waals surface area contributed by atoms with Gasteiger partial charge in [0.05, 0.1) is 51.8 Å². The standard InChI is InChI=1S/C17H33N3O7/c1-13-9-17(26-14(2)25-13)27-16(24)10-15-19(4-7-22)11-18(3-6-21)12-20(15)5-8-23/h13-15,17,21-23H,3-12H2,1-2H3. The van der Waals surface area contributed by atoms with Crippen LogP contribution in [0.1, 0.15) is 26.7 Å². The first kappa shape index (κ1) is 22.4. The summed E-state index contributed by atoms with van der Waals surface area (Å²) in [5.41, 5.74) is 0. The molecule has 0 aromatic heterocycles. The molecule has 2 rings (SSSR count). The number of hydrogen-bond acceptors (Lipinski definition) is 10. The lowest BCUT2D eigenvalue weighted by atomic mass is 10.2. The van der Waals surface area contributed by atoms with Crippen LogP contribution >= 0.6 is 0 Å². The summed E-state index contributed by atoms with van der Waals surface area (Å²) >= 11 is 0. The molecule has 2 heterocycles. The minimum absolute atomic E-state index is 0.0180. The van der Waals surface area contributed by atoms with Crippen molar-refractivity contribution in [3.05, 3.63) is 0 Å². The second-order valence-corrected chi connectivity index (χ2v) is 6.96. The average Bonchev–Trinajstić information content (AvgIpc) is 2.57. The summed E-state index contributed by atoms with van der Waals surface area (Å²) in [5.74, 6) is -0.396. The predicted octanol–water partition coefficient (Wildman–Crippen LogP) is -1.45. The molecule has 0 saturated carbocycles. The van der Waals surface area contributed by atoms with Crippen molar-refractivity contribution in [3.8, 4) is 0 Å². The molecule has 0 radical (unpaired) electrons. The molecule has 0 amide bonds. The van der Waals surface area contributed by atoms with Gasteiger partial charge >= 0.3 is 5.97 Å². The lowest BCUT2D eigenvalue weighted by Crippen LogP contribution is -2.63. The molecule has 2 aliphatic heterocycles. The van der Waals surface area contributed by atoms with Crippen molar-refractivity contribution in [2.45, 2.75) is 51.5 Å². The van der Waals surface area contributed by atoms with Crippen molar-refractivity contribution in [1.29, 1.82) is 0 Å². The highest BCUT2D eigenvalue weighted by Crippen LogP contribution is 2.22. The van der Waals surface area contributed by atoms with Gasteiger partial charge in [0.25, 0.3) is 0 Å². The summed E-state index contributed by atoms with van der Waals surface area (Å²) in [6.45, 7) is 5.85. The molecule has 0 aliphatic carbocycles. The molecule has 2 fully saturated rings. The van der Waals surface area contributed by atoms with E-state index in [1.807, 2.05) is 21.6 Å². The summed E-state index contributed by atoms with van der Waals surface area (Å²) < 4.78 is 16.5. The van der Waals surface area contributed by atoms with Crippen LogP contribution in [0, 0.1) is 0 Å². The molecular formula is C17H33N3O7. The third-order valence-corrected chi connectivity index (χ3v) is 4.70. The number of aliphatic hydroxyl groups is 3. The summed E-state index contributed by atoms with van der Waals surface area (Å²) in [5, 5.41) is 28.0. The Hall–Kier alpha value is -0.850. The summed E-state index contributed by atoms with van der Waals surface area (Å²) in [6, 6.07) is 0. The van der Waals surface area contributed by atoms with Crippen LogP contribution in [-0.2, 0) is 19.0 Å². The lowest BCUT2D eigenvalue weighted by molar-refractivity contribution is -0.289. The molecule has 2 saturated heterocycles. The monoisotopic (exact) mass is 391 g/mol. The van der Waals surface area contributed by atoms with Crippen LogP contribution in [0.15, 0.2) is 0 Å². The molecule has 3 N–H and O–H groups in total. The second-order valence-electron chi connectivity index (χ2n) is 6.96. The highest BCUT2D eigenvalue weighted by Gasteiger charge is 2.35. The van der Waals surface area contributed by atoms with E-state index in [1.54, 1.807) is 6.92 Å². The fourth-order valence-electron chi connectivity index (χ4n) is 3.59. The van der Waals surface area contributed by atoms with E-state index in [0.717, 1.165) is 0 Å². The van der Waals surface area contributed by atoms with Gasteiger partial charge in [0, 0.05) is 26.1 Å². The van der Waals surface area contributed by atoms with Gasteiger partial charge in [0.2, 0.25) is 6.29 Å². The van der Waals surface area contributed by atoms with E-state index in [2.05, 4.69) is 0 Å². The van der Waals surface area contributed by atoms with Gasteiger partial charge in [0.1, 0.15) is 0 Å². The first-order chi connectivity index (χ1) is 13.0. The molecule has 0 bridgehead atoms. The van der Waals surface area contributed by atoms with Crippen LogP contribution in [0.2, 0.25) is 0 Å². The Balaban J connectivity index is 1.99. The Morgan fingerprint density at radius 2 is 1.59 bits per heavy atom. The minimum atomic E-state index is -0.636. The molecule has 3 atom stereocenters. The molecule has 0 aromatic carbocycles. The Morgan fingerprint density at radius 1 is 1.00 bits per heavy atom. The summed E-state index contributed by atoms with van der Waals surface area (Å²) in [4.78, 5) is 18.4. The number of aliphatic hydroxyl groups excluding tert-OH is 3. The number of rotatable bonds is 9. The van der Waals surface area contributed by atoms with E-state index in [9.17, 15) is 20.1 Å². The predicted molar refractivity (Wildman–Crippen MR) is 95.1 cm³/mol. The molecular weight excluding hydrogens is 358 g/mol. The van der Waals surface area contributed by atoms with Gasteiger partial charge in [-0.15, -0.1) is 0 Å². The number of β-amino-alcohol motifs (C(OH)–C–C–N with tert-alkyl or cyclic N) is 3. The van der Waals surface area contributed by atoms with Crippen molar-refractivity contribution < 1.29 is 34.3 Å². The van der Waals surface area contributed by atoms with Gasteiger partial charge in [-0.2, -0.15) is 0 Å². The molecule has 10 heteroatoms. The molecule has 10 nitrogen and oxygen atoms in total. The quantitative estimate of drug-likeness (QED) is 0.403. The van der Waals surface area contributed by atoms with Crippen LogP contribution in [-0.4, -0.2) is 114 Å². The highest BCUT2D eigenvalue weighted by molar-refractivity contribution is 5.70. The first-order valence-corrected chi connectivity index (χ1v) is 9.50. The number of esters is 1. The van der Waals surface area contributed by atoms with E-state index in [1.165, 1.54) is 0 Å². The number of carbonyl (C=O) groups is 1. The topological polar surface area (TPSA) is 115 Å². The van der Waals surface area contributed by atoms with E-state index >= 15 is 0 Å². The largest absolute Gasteiger partial charge is 0.435 e. The van der Waals surface area contributed by atoms with Gasteiger partial charge in [-0.1, -0.05) is 0 Å². The SMILES string of the molecule is CC1CC(OC(=O)CC2N(CCO)CN(CCO)CN2CCO)OC(C)O1. The average molecular weight is 391 g/mol. The zero-order chi connectivity index (χ0) is 19.8. The van der Waals surface area contributed by atoms with E-state index in [-0.39, 0.29) is 38.5 Å². The smallest absolute Gasteiger partial charge is 0.311 e. The third-order valence-electron chi connectivity index (χ3n) is 4.70. The second kappa shape index (κ2) is 11.2. The Morgan fingerprint density at radius 3 is 2.11 bits per heavy atom. The lowest BCUT2D eigenvalue weighted by Gasteiger charge is -2.48. The van der Waals surface area contributed by atoms with E-state index < -0.39 is 18.5 Å². The maximum atomic E-state index is 12.5. The Labute approximate surface area is 160 Å². The number of nitrogens with zero attached hydrogens (tertiary/aromatic N) is 3. The fourth-order valence-corrected chi connectivity index (χ4v) is 3.59. The normalized spacial score (nSPS) is 29.1. The minimum Gasteiger partial charge on any atom is -0.435 e. The maximum Gasteiger partial charge on any atom is 0.311 e. The van der Waals surface area contributed by atoms with Crippen LogP contribution in [0.25, 0.3) is 0 Å². The molecule has 0 spiro atoms. The van der Waals surface area contributed by atoms with Gasteiger partial charge in [-0.05, 0) is 13.8 Å². The Kier molecular flexibility index (Phi) is 9.33. The molecule has 158 valence electrons. The highest BCUT2D eigenvalue weighted by atomic mass is 16.8. The van der Waals surface area contributed by atoms with Crippen molar-refractivity contribution in [2.24, 2.45) is 0 Å². The summed E-state index contributed by atoms with van der Waals surface area (Å²) in [6.07, 6.45) is -0.845. The van der Waals surface area contributed by atoms with Crippen molar-refractivity contribution in [2.75, 3.05) is 52.8 Å². The van der Waals surface area contributed by atoms with Crippen LogP contribution < -0.4 is 0 Å². The third kappa shape index (κ3) is 6.91. The fraction of sp³-hybridized carbons (Fsp3) is 0.941. The van der Waals surface area contributed by atoms with Crippen LogP contribution in [0.3, 0.4) is 0 Å². The molecule has 3 unspecified atom stereocenters. The zero-order valence-corrected chi connectivity index (χ0v) is 16.2.